The molecule has 1 aromatic rings. The molecule has 1 atom stereocenters. The molecule has 0 amide bonds. The van der Waals surface area contributed by atoms with E-state index in [1.54, 1.807) is 12.1 Å². The van der Waals surface area contributed by atoms with Crippen molar-refractivity contribution in [3.8, 4) is 0 Å². The average molecular weight is 277 g/mol. The maximum Gasteiger partial charge on any atom is 0.123 e. The number of halogens is 1. The van der Waals surface area contributed by atoms with E-state index in [0.717, 1.165) is 31.4 Å². The second-order valence-electron chi connectivity index (χ2n) is 5.43. The van der Waals surface area contributed by atoms with Gasteiger partial charge in [0.1, 0.15) is 5.82 Å². The smallest absolute Gasteiger partial charge is 0.123 e. The van der Waals surface area contributed by atoms with Crippen LogP contribution in [0.25, 0.3) is 0 Å². The maximum absolute atomic E-state index is 13.5. The van der Waals surface area contributed by atoms with Crippen LogP contribution >= 0.6 is 0 Å². The molecule has 20 heavy (non-hydrogen) atoms. The van der Waals surface area contributed by atoms with Gasteiger partial charge in [-0.25, -0.2) is 4.39 Å². The van der Waals surface area contributed by atoms with Crippen LogP contribution in [-0.4, -0.2) is 6.54 Å². The summed E-state index contributed by atoms with van der Waals surface area (Å²) in [5, 5.41) is 3.56. The van der Waals surface area contributed by atoms with Gasteiger partial charge in [0.15, 0.2) is 0 Å². The van der Waals surface area contributed by atoms with Crippen molar-refractivity contribution >= 4 is 0 Å². The third kappa shape index (κ3) is 5.87. The Labute approximate surface area is 123 Å². The molecule has 2 heteroatoms. The molecule has 0 radical (unpaired) electrons. The Bertz CT molecular complexity index is 400. The molecule has 0 saturated heterocycles. The highest BCUT2D eigenvalue weighted by Gasteiger charge is 2.13. The molecule has 0 aromatic heterocycles. The molecule has 1 rings (SSSR count). The zero-order valence-electron chi connectivity index (χ0n) is 12.9. The second kappa shape index (κ2) is 9.71. The second-order valence-corrected chi connectivity index (χ2v) is 5.43. The standard InChI is InChI=1S/C18H28FN/c1-4-6-7-8-9-10-18(20-13-5-2)17-14-16(19)12-11-15(17)3/h4,11-12,14,18,20H,1,5-10,13H2,2-3H3. The lowest BCUT2D eigenvalue weighted by Crippen LogP contribution is -2.23. The largest absolute Gasteiger partial charge is 0.310 e. The summed E-state index contributed by atoms with van der Waals surface area (Å²) in [6, 6.07) is 5.38. The van der Waals surface area contributed by atoms with Gasteiger partial charge < -0.3 is 5.32 Å². The minimum Gasteiger partial charge on any atom is -0.310 e. The normalized spacial score (nSPS) is 12.3. The number of benzene rings is 1. The van der Waals surface area contributed by atoms with Crippen LogP contribution < -0.4 is 5.32 Å². The third-order valence-electron chi connectivity index (χ3n) is 3.66. The summed E-state index contributed by atoms with van der Waals surface area (Å²) in [6.45, 7) is 8.95. The Morgan fingerprint density at radius 1 is 1.30 bits per heavy atom. The van der Waals surface area contributed by atoms with Crippen molar-refractivity contribution in [3.05, 3.63) is 47.8 Å². The lowest BCUT2D eigenvalue weighted by atomic mass is 9.96. The SMILES string of the molecule is C=CCCCCCC(NCCC)c1cc(F)ccc1C. The zero-order valence-corrected chi connectivity index (χ0v) is 12.9. The fourth-order valence-corrected chi connectivity index (χ4v) is 2.49. The molecule has 0 saturated carbocycles. The molecule has 112 valence electrons. The number of aryl methyl sites for hydroxylation is 1. The quantitative estimate of drug-likeness (QED) is 0.451. The van der Waals surface area contributed by atoms with Crippen molar-refractivity contribution in [2.75, 3.05) is 6.54 Å². The van der Waals surface area contributed by atoms with Gasteiger partial charge in [-0.1, -0.05) is 31.9 Å². The first-order valence-electron chi connectivity index (χ1n) is 7.79. The van der Waals surface area contributed by atoms with Crippen LogP contribution in [-0.2, 0) is 0 Å². The van der Waals surface area contributed by atoms with E-state index in [9.17, 15) is 4.39 Å². The minimum absolute atomic E-state index is 0.138. The Morgan fingerprint density at radius 3 is 2.80 bits per heavy atom. The van der Waals surface area contributed by atoms with E-state index in [0.29, 0.717) is 0 Å². The van der Waals surface area contributed by atoms with Crippen LogP contribution in [0.2, 0.25) is 0 Å². The highest BCUT2D eigenvalue weighted by Crippen LogP contribution is 2.24. The minimum atomic E-state index is -0.138. The first-order valence-corrected chi connectivity index (χ1v) is 7.79. The summed E-state index contributed by atoms with van der Waals surface area (Å²) in [4.78, 5) is 0. The number of hydrogen-bond acceptors (Lipinski definition) is 1. The van der Waals surface area contributed by atoms with Crippen LogP contribution in [0.4, 0.5) is 4.39 Å². The third-order valence-corrected chi connectivity index (χ3v) is 3.66. The topological polar surface area (TPSA) is 12.0 Å². The van der Waals surface area contributed by atoms with Gasteiger partial charge in [-0.15, -0.1) is 6.58 Å². The fourth-order valence-electron chi connectivity index (χ4n) is 2.49. The molecular formula is C18H28FN. The Kier molecular flexibility index (Phi) is 8.20. The van der Waals surface area contributed by atoms with Crippen LogP contribution in [0.15, 0.2) is 30.9 Å². The highest BCUT2D eigenvalue weighted by molar-refractivity contribution is 5.29. The lowest BCUT2D eigenvalue weighted by molar-refractivity contribution is 0.468. The van der Waals surface area contributed by atoms with Crippen LogP contribution in [0.5, 0.6) is 0 Å². The molecule has 0 aliphatic rings. The fraction of sp³-hybridized carbons (Fsp3) is 0.556. The molecule has 0 bridgehead atoms. The monoisotopic (exact) mass is 277 g/mol. The van der Waals surface area contributed by atoms with E-state index in [1.165, 1.54) is 24.8 Å². The van der Waals surface area contributed by atoms with Gasteiger partial charge in [0.05, 0.1) is 0 Å². The molecule has 0 spiro atoms. The molecule has 1 unspecified atom stereocenters. The van der Waals surface area contributed by atoms with Crippen molar-refractivity contribution in [1.29, 1.82) is 0 Å². The summed E-state index contributed by atoms with van der Waals surface area (Å²) >= 11 is 0. The summed E-state index contributed by atoms with van der Waals surface area (Å²) in [6.07, 6.45) is 8.82. The van der Waals surface area contributed by atoms with E-state index in [-0.39, 0.29) is 11.9 Å². The molecule has 0 heterocycles. The van der Waals surface area contributed by atoms with E-state index in [4.69, 9.17) is 0 Å². The van der Waals surface area contributed by atoms with Gasteiger partial charge in [0, 0.05) is 6.04 Å². The van der Waals surface area contributed by atoms with Crippen LogP contribution in [0.3, 0.4) is 0 Å². The Balaban J connectivity index is 2.62. The molecule has 1 aromatic carbocycles. The molecule has 1 nitrogen and oxygen atoms in total. The number of hydrogen-bond donors (Lipinski definition) is 1. The highest BCUT2D eigenvalue weighted by atomic mass is 19.1. The van der Waals surface area contributed by atoms with Crippen molar-refractivity contribution < 1.29 is 4.39 Å². The van der Waals surface area contributed by atoms with Crippen molar-refractivity contribution in [2.24, 2.45) is 0 Å². The lowest BCUT2D eigenvalue weighted by Gasteiger charge is -2.21. The number of allylic oxidation sites excluding steroid dienone is 1. The maximum atomic E-state index is 13.5. The van der Waals surface area contributed by atoms with Crippen molar-refractivity contribution in [2.45, 2.75) is 58.4 Å². The number of nitrogens with one attached hydrogen (secondary N) is 1. The summed E-state index contributed by atoms with van der Waals surface area (Å²) < 4.78 is 13.5. The van der Waals surface area contributed by atoms with Gasteiger partial charge in [0.2, 0.25) is 0 Å². The van der Waals surface area contributed by atoms with Gasteiger partial charge >= 0.3 is 0 Å². The molecule has 1 N–H and O–H groups in total. The zero-order chi connectivity index (χ0) is 14.8. The van der Waals surface area contributed by atoms with E-state index < -0.39 is 0 Å². The van der Waals surface area contributed by atoms with E-state index in [2.05, 4.69) is 25.7 Å². The predicted molar refractivity (Wildman–Crippen MR) is 85.5 cm³/mol. The summed E-state index contributed by atoms with van der Waals surface area (Å²) in [5.41, 5.74) is 2.29. The summed E-state index contributed by atoms with van der Waals surface area (Å²) in [5.74, 6) is -0.138. The van der Waals surface area contributed by atoms with Crippen LogP contribution in [0.1, 0.15) is 62.6 Å². The predicted octanol–water partition coefficient (Wildman–Crippen LogP) is 5.31. The first-order chi connectivity index (χ1) is 9.69. The Hall–Kier alpha value is -1.15. The molecule has 0 aliphatic carbocycles. The van der Waals surface area contributed by atoms with E-state index >= 15 is 0 Å². The van der Waals surface area contributed by atoms with E-state index in [1.807, 2.05) is 12.1 Å². The average Bonchev–Trinajstić information content (AvgIpc) is 2.45. The van der Waals surface area contributed by atoms with Crippen molar-refractivity contribution in [1.82, 2.24) is 5.32 Å². The molecular weight excluding hydrogens is 249 g/mol. The molecule has 0 aliphatic heterocycles. The number of unbranched alkanes of at least 4 members (excludes halogenated alkanes) is 3. The van der Waals surface area contributed by atoms with Gasteiger partial charge in [-0.05, 0) is 62.4 Å². The van der Waals surface area contributed by atoms with Gasteiger partial charge in [-0.2, -0.15) is 0 Å². The van der Waals surface area contributed by atoms with Crippen molar-refractivity contribution in [3.63, 3.8) is 0 Å². The molecule has 0 fully saturated rings. The first kappa shape index (κ1) is 16.9. The van der Waals surface area contributed by atoms with Crippen LogP contribution in [0, 0.1) is 12.7 Å². The van der Waals surface area contributed by atoms with Gasteiger partial charge in [0.25, 0.3) is 0 Å². The van der Waals surface area contributed by atoms with Gasteiger partial charge in [-0.3, -0.25) is 0 Å². The Morgan fingerprint density at radius 2 is 2.10 bits per heavy atom. The number of rotatable bonds is 10. The summed E-state index contributed by atoms with van der Waals surface area (Å²) in [7, 11) is 0.